The number of aliphatic hydroxyl groups excluding tert-OH is 1. The van der Waals surface area contributed by atoms with E-state index in [1.54, 1.807) is 0 Å². The second kappa shape index (κ2) is 3.97. The van der Waals surface area contributed by atoms with Crippen LogP contribution in [0.1, 0.15) is 45.4 Å². The molecule has 60 valence electrons. The predicted molar refractivity (Wildman–Crippen MR) is 42.9 cm³/mol. The first-order valence-electron chi connectivity index (χ1n) is 4.52. The van der Waals surface area contributed by atoms with E-state index in [0.29, 0.717) is 5.92 Å². The Morgan fingerprint density at radius 2 is 2.00 bits per heavy atom. The average Bonchev–Trinajstić information content (AvgIpc) is 1.94. The van der Waals surface area contributed by atoms with Crippen LogP contribution >= 0.6 is 0 Å². The summed E-state index contributed by atoms with van der Waals surface area (Å²) in [5.41, 5.74) is 0. The quantitative estimate of drug-likeness (QED) is 0.627. The Bertz CT molecular complexity index is 88.7. The summed E-state index contributed by atoms with van der Waals surface area (Å²) in [6, 6.07) is 0. The van der Waals surface area contributed by atoms with E-state index in [2.05, 4.69) is 6.92 Å². The molecule has 0 radical (unpaired) electrons. The summed E-state index contributed by atoms with van der Waals surface area (Å²) in [5.74, 6) is 0.624. The maximum absolute atomic E-state index is 9.50. The lowest BCUT2D eigenvalue weighted by molar-refractivity contribution is 0.0650. The molecular weight excluding hydrogens is 124 g/mol. The summed E-state index contributed by atoms with van der Waals surface area (Å²) in [4.78, 5) is 0. The first-order chi connectivity index (χ1) is 4.84. The second-order valence-corrected chi connectivity index (χ2v) is 3.40. The number of hydrogen-bond acceptors (Lipinski definition) is 1. The van der Waals surface area contributed by atoms with E-state index in [1.807, 2.05) is 0 Å². The minimum atomic E-state index is 0.0219. The van der Waals surface area contributed by atoms with Crippen molar-refractivity contribution >= 4 is 0 Å². The van der Waals surface area contributed by atoms with Gasteiger partial charge in [-0.25, -0.2) is 0 Å². The molecule has 0 unspecified atom stereocenters. The smallest absolute Gasteiger partial charge is 0.0568 e. The average molecular weight is 142 g/mol. The molecule has 1 saturated carbocycles. The van der Waals surface area contributed by atoms with Crippen LogP contribution in [0.25, 0.3) is 0 Å². The predicted octanol–water partition coefficient (Wildman–Crippen LogP) is 2.34. The van der Waals surface area contributed by atoms with Gasteiger partial charge in [-0.3, -0.25) is 0 Å². The standard InChI is InChI=1S/C9H18O/c1-2-5-8-6-3-4-7-9(8)10/h8-10H,2-7H2,1H3/t8-,9+/m0/s1. The van der Waals surface area contributed by atoms with Crippen molar-refractivity contribution in [3.05, 3.63) is 0 Å². The van der Waals surface area contributed by atoms with E-state index in [1.165, 1.54) is 32.1 Å². The van der Waals surface area contributed by atoms with E-state index in [9.17, 15) is 5.11 Å². The van der Waals surface area contributed by atoms with Crippen molar-refractivity contribution in [1.29, 1.82) is 0 Å². The van der Waals surface area contributed by atoms with Crippen LogP contribution < -0.4 is 0 Å². The third-order valence-corrected chi connectivity index (χ3v) is 2.53. The molecule has 0 aliphatic heterocycles. The highest BCUT2D eigenvalue weighted by Gasteiger charge is 2.21. The van der Waals surface area contributed by atoms with Crippen LogP contribution in [-0.2, 0) is 0 Å². The topological polar surface area (TPSA) is 20.2 Å². The second-order valence-electron chi connectivity index (χ2n) is 3.40. The number of hydrogen-bond donors (Lipinski definition) is 1. The van der Waals surface area contributed by atoms with Gasteiger partial charge in [-0.2, -0.15) is 0 Å². The summed E-state index contributed by atoms with van der Waals surface area (Å²) < 4.78 is 0. The molecule has 0 aromatic carbocycles. The molecule has 0 amide bonds. The Morgan fingerprint density at radius 3 is 2.60 bits per heavy atom. The molecular formula is C9H18O. The molecule has 0 bridgehead atoms. The molecule has 10 heavy (non-hydrogen) atoms. The highest BCUT2D eigenvalue weighted by Crippen LogP contribution is 2.27. The molecule has 0 aromatic heterocycles. The SMILES string of the molecule is CCC[C@H]1CCCC[C@H]1O. The maximum atomic E-state index is 9.50. The Labute approximate surface area is 63.4 Å². The van der Waals surface area contributed by atoms with Crippen molar-refractivity contribution in [2.75, 3.05) is 0 Å². The van der Waals surface area contributed by atoms with Crippen LogP contribution in [-0.4, -0.2) is 11.2 Å². The van der Waals surface area contributed by atoms with Crippen molar-refractivity contribution in [1.82, 2.24) is 0 Å². The van der Waals surface area contributed by atoms with Crippen molar-refractivity contribution in [3.63, 3.8) is 0 Å². The minimum absolute atomic E-state index is 0.0219. The first-order valence-corrected chi connectivity index (χ1v) is 4.52. The van der Waals surface area contributed by atoms with Gasteiger partial charge >= 0.3 is 0 Å². The fourth-order valence-corrected chi connectivity index (χ4v) is 1.90. The van der Waals surface area contributed by atoms with Crippen molar-refractivity contribution in [2.45, 2.75) is 51.6 Å². The van der Waals surface area contributed by atoms with Crippen LogP contribution in [0.3, 0.4) is 0 Å². The van der Waals surface area contributed by atoms with Crippen LogP contribution in [0.4, 0.5) is 0 Å². The molecule has 1 aliphatic carbocycles. The molecule has 1 rings (SSSR count). The Hall–Kier alpha value is -0.0400. The largest absolute Gasteiger partial charge is 0.393 e. The van der Waals surface area contributed by atoms with Crippen LogP contribution in [0.5, 0.6) is 0 Å². The summed E-state index contributed by atoms with van der Waals surface area (Å²) in [6.07, 6.45) is 7.35. The Balaban J connectivity index is 2.25. The van der Waals surface area contributed by atoms with E-state index in [-0.39, 0.29) is 6.10 Å². The van der Waals surface area contributed by atoms with Gasteiger partial charge in [0, 0.05) is 0 Å². The van der Waals surface area contributed by atoms with Crippen LogP contribution in [0, 0.1) is 5.92 Å². The summed E-state index contributed by atoms with van der Waals surface area (Å²) in [6.45, 7) is 2.20. The molecule has 1 heteroatoms. The van der Waals surface area contributed by atoms with Crippen molar-refractivity contribution in [2.24, 2.45) is 5.92 Å². The van der Waals surface area contributed by atoms with E-state index in [4.69, 9.17) is 0 Å². The number of rotatable bonds is 2. The third-order valence-electron chi connectivity index (χ3n) is 2.53. The molecule has 1 fully saturated rings. The zero-order valence-electron chi connectivity index (χ0n) is 6.84. The maximum Gasteiger partial charge on any atom is 0.0568 e. The zero-order chi connectivity index (χ0) is 7.40. The fraction of sp³-hybridized carbons (Fsp3) is 1.00. The fourth-order valence-electron chi connectivity index (χ4n) is 1.90. The summed E-state index contributed by atoms with van der Waals surface area (Å²) >= 11 is 0. The molecule has 1 nitrogen and oxygen atoms in total. The molecule has 2 atom stereocenters. The molecule has 0 saturated heterocycles. The van der Waals surface area contributed by atoms with Gasteiger partial charge in [-0.15, -0.1) is 0 Å². The van der Waals surface area contributed by atoms with Gasteiger partial charge in [0.05, 0.1) is 6.10 Å². The highest BCUT2D eigenvalue weighted by molar-refractivity contribution is 4.73. The summed E-state index contributed by atoms with van der Waals surface area (Å²) in [7, 11) is 0. The van der Waals surface area contributed by atoms with Gasteiger partial charge in [-0.1, -0.05) is 26.2 Å². The first kappa shape index (κ1) is 8.06. The Morgan fingerprint density at radius 1 is 1.30 bits per heavy atom. The Kier molecular flexibility index (Phi) is 3.20. The minimum Gasteiger partial charge on any atom is -0.393 e. The molecule has 1 N–H and O–H groups in total. The monoisotopic (exact) mass is 142 g/mol. The summed E-state index contributed by atoms with van der Waals surface area (Å²) in [5, 5.41) is 9.50. The van der Waals surface area contributed by atoms with E-state index in [0.717, 1.165) is 6.42 Å². The highest BCUT2D eigenvalue weighted by atomic mass is 16.3. The van der Waals surface area contributed by atoms with Gasteiger partial charge in [0.2, 0.25) is 0 Å². The van der Waals surface area contributed by atoms with Crippen LogP contribution in [0.2, 0.25) is 0 Å². The normalized spacial score (nSPS) is 34.2. The zero-order valence-corrected chi connectivity index (χ0v) is 6.84. The van der Waals surface area contributed by atoms with E-state index >= 15 is 0 Å². The third kappa shape index (κ3) is 1.98. The van der Waals surface area contributed by atoms with Crippen LogP contribution in [0.15, 0.2) is 0 Å². The van der Waals surface area contributed by atoms with Crippen molar-refractivity contribution in [3.8, 4) is 0 Å². The lowest BCUT2D eigenvalue weighted by atomic mass is 9.84. The number of aliphatic hydroxyl groups is 1. The lowest BCUT2D eigenvalue weighted by Gasteiger charge is -2.26. The molecule has 0 aromatic rings. The van der Waals surface area contributed by atoms with Gasteiger partial charge in [0.25, 0.3) is 0 Å². The van der Waals surface area contributed by atoms with Gasteiger partial charge in [-0.05, 0) is 25.2 Å². The van der Waals surface area contributed by atoms with Gasteiger partial charge in [0.15, 0.2) is 0 Å². The van der Waals surface area contributed by atoms with Crippen molar-refractivity contribution < 1.29 is 5.11 Å². The molecule has 0 heterocycles. The lowest BCUT2D eigenvalue weighted by Crippen LogP contribution is -2.23. The molecule has 1 aliphatic rings. The molecule has 0 spiro atoms. The van der Waals surface area contributed by atoms with Gasteiger partial charge in [0.1, 0.15) is 0 Å². The van der Waals surface area contributed by atoms with E-state index < -0.39 is 0 Å². The van der Waals surface area contributed by atoms with Gasteiger partial charge < -0.3 is 5.11 Å².